The second-order valence-electron chi connectivity index (χ2n) is 4.81. The lowest BCUT2D eigenvalue weighted by Crippen LogP contribution is -2.17. The van der Waals surface area contributed by atoms with Crippen LogP contribution in [0.4, 0.5) is 13.2 Å². The minimum Gasteiger partial charge on any atom is -0.425 e. The maximum absolute atomic E-state index is 13.0. The first-order valence-corrected chi connectivity index (χ1v) is 6.99. The summed E-state index contributed by atoms with van der Waals surface area (Å²) in [5, 5.41) is 0. The largest absolute Gasteiger partial charge is 0.425 e. The van der Waals surface area contributed by atoms with E-state index in [2.05, 4.69) is 4.74 Å². The molecule has 2 aromatic carbocycles. The van der Waals surface area contributed by atoms with Gasteiger partial charge in [-0.1, -0.05) is 18.2 Å². The topological polar surface area (TPSA) is 61.8 Å². The average molecular weight is 354 g/mol. The van der Waals surface area contributed by atoms with Crippen molar-refractivity contribution >= 4 is 11.9 Å². The van der Waals surface area contributed by atoms with Crippen molar-refractivity contribution < 1.29 is 37.0 Å². The molecule has 0 saturated heterocycles. The Bertz CT molecular complexity index is 771. The number of carbonyl (C=O) groups excluding carboxylic acids is 2. The lowest BCUT2D eigenvalue weighted by molar-refractivity contribution is -0.139. The highest BCUT2D eigenvalue weighted by molar-refractivity contribution is 5.93. The third kappa shape index (κ3) is 5.05. The Balaban J connectivity index is 2.18. The first kappa shape index (κ1) is 18.5. The van der Waals surface area contributed by atoms with Crippen molar-refractivity contribution in [2.24, 2.45) is 0 Å². The predicted octanol–water partition coefficient (Wildman–Crippen LogP) is 3.48. The molecule has 0 spiro atoms. The Morgan fingerprint density at radius 3 is 2.24 bits per heavy atom. The van der Waals surface area contributed by atoms with Gasteiger partial charge in [0.25, 0.3) is 0 Å². The lowest BCUT2D eigenvalue weighted by Gasteiger charge is -2.12. The Labute approximate surface area is 140 Å². The molecule has 2 aromatic rings. The molecular formula is C17H13F3O5. The van der Waals surface area contributed by atoms with Crippen LogP contribution >= 0.6 is 0 Å². The van der Waals surface area contributed by atoms with Gasteiger partial charge in [-0.2, -0.15) is 13.2 Å². The molecule has 0 aliphatic rings. The van der Waals surface area contributed by atoms with E-state index in [9.17, 15) is 22.8 Å². The van der Waals surface area contributed by atoms with Crippen molar-refractivity contribution in [2.75, 3.05) is 13.7 Å². The predicted molar refractivity (Wildman–Crippen MR) is 80.4 cm³/mol. The fourth-order valence-corrected chi connectivity index (χ4v) is 1.95. The molecule has 0 unspecified atom stereocenters. The summed E-state index contributed by atoms with van der Waals surface area (Å²) in [5.41, 5.74) is -1.71. The zero-order valence-corrected chi connectivity index (χ0v) is 13.0. The number of esters is 2. The molecule has 0 amide bonds. The summed E-state index contributed by atoms with van der Waals surface area (Å²) in [4.78, 5) is 23.4. The molecule has 0 N–H and O–H groups in total. The third-order valence-electron chi connectivity index (χ3n) is 2.96. The molecule has 0 heterocycles. The van der Waals surface area contributed by atoms with Crippen LogP contribution in [0.5, 0.6) is 11.5 Å². The number of benzene rings is 2. The minimum atomic E-state index is -4.69. The SMILES string of the molecule is COCC(=O)Oc1cccc(OC(=O)c2ccccc2C(F)(F)F)c1. The van der Waals surface area contributed by atoms with Crippen molar-refractivity contribution in [1.82, 2.24) is 0 Å². The zero-order valence-electron chi connectivity index (χ0n) is 13.0. The van der Waals surface area contributed by atoms with Crippen LogP contribution in [0, 0.1) is 0 Å². The number of methoxy groups -OCH3 is 1. The number of rotatable bonds is 5. The molecule has 0 aliphatic carbocycles. The second-order valence-corrected chi connectivity index (χ2v) is 4.81. The summed E-state index contributed by atoms with van der Waals surface area (Å²) in [6, 6.07) is 9.70. The molecule has 0 radical (unpaired) electrons. The first-order chi connectivity index (χ1) is 11.8. The summed E-state index contributed by atoms with van der Waals surface area (Å²) in [6.07, 6.45) is -4.69. The lowest BCUT2D eigenvalue weighted by atomic mass is 10.1. The fourth-order valence-electron chi connectivity index (χ4n) is 1.95. The summed E-state index contributed by atoms with van der Waals surface area (Å²) in [5.74, 6) is -1.84. The number of alkyl halides is 3. The standard InChI is InChI=1S/C17H13F3O5/c1-23-10-15(21)24-11-5-4-6-12(9-11)25-16(22)13-7-2-3-8-14(13)17(18,19)20/h2-9H,10H2,1H3. The van der Waals surface area contributed by atoms with E-state index >= 15 is 0 Å². The molecule has 0 aromatic heterocycles. The third-order valence-corrected chi connectivity index (χ3v) is 2.96. The molecular weight excluding hydrogens is 341 g/mol. The molecule has 0 saturated carbocycles. The van der Waals surface area contributed by atoms with Gasteiger partial charge >= 0.3 is 18.1 Å². The number of halogens is 3. The number of carbonyl (C=O) groups is 2. The van der Waals surface area contributed by atoms with Crippen molar-refractivity contribution in [2.45, 2.75) is 6.18 Å². The molecule has 0 fully saturated rings. The van der Waals surface area contributed by atoms with E-state index < -0.39 is 29.2 Å². The van der Waals surface area contributed by atoms with Gasteiger partial charge in [-0.05, 0) is 24.3 Å². The van der Waals surface area contributed by atoms with E-state index in [-0.39, 0.29) is 18.1 Å². The highest BCUT2D eigenvalue weighted by atomic mass is 19.4. The molecule has 132 valence electrons. The maximum atomic E-state index is 13.0. The Morgan fingerprint density at radius 2 is 1.60 bits per heavy atom. The molecule has 0 aliphatic heterocycles. The summed E-state index contributed by atoms with van der Waals surface area (Å²) >= 11 is 0. The van der Waals surface area contributed by atoms with Crippen molar-refractivity contribution in [3.05, 3.63) is 59.7 Å². The van der Waals surface area contributed by atoms with E-state index in [1.807, 2.05) is 0 Å². The molecule has 5 nitrogen and oxygen atoms in total. The molecule has 25 heavy (non-hydrogen) atoms. The molecule has 0 bridgehead atoms. The van der Waals surface area contributed by atoms with Gasteiger partial charge < -0.3 is 14.2 Å². The quantitative estimate of drug-likeness (QED) is 0.608. The van der Waals surface area contributed by atoms with Gasteiger partial charge in [-0.15, -0.1) is 0 Å². The highest BCUT2D eigenvalue weighted by Gasteiger charge is 2.35. The average Bonchev–Trinajstić information content (AvgIpc) is 2.54. The van der Waals surface area contributed by atoms with E-state index in [0.717, 1.165) is 12.1 Å². The smallest absolute Gasteiger partial charge is 0.417 e. The van der Waals surface area contributed by atoms with Gasteiger partial charge in [0.05, 0.1) is 11.1 Å². The molecule has 0 atom stereocenters. The van der Waals surface area contributed by atoms with Crippen molar-refractivity contribution in [1.29, 1.82) is 0 Å². The van der Waals surface area contributed by atoms with E-state index in [1.54, 1.807) is 0 Å². The Morgan fingerprint density at radius 1 is 0.960 bits per heavy atom. The van der Waals surface area contributed by atoms with Gasteiger partial charge in [-0.25, -0.2) is 9.59 Å². The van der Waals surface area contributed by atoms with Gasteiger partial charge in [-0.3, -0.25) is 0 Å². The summed E-state index contributed by atoms with van der Waals surface area (Å²) < 4.78 is 53.3. The Hall–Kier alpha value is -2.87. The van der Waals surface area contributed by atoms with Crippen LogP contribution in [-0.4, -0.2) is 25.7 Å². The number of hydrogen-bond acceptors (Lipinski definition) is 5. The van der Waals surface area contributed by atoms with Crippen molar-refractivity contribution in [3.8, 4) is 11.5 Å². The van der Waals surface area contributed by atoms with Crippen LogP contribution in [0.15, 0.2) is 48.5 Å². The summed E-state index contributed by atoms with van der Waals surface area (Å²) in [6.45, 7) is -0.275. The first-order valence-electron chi connectivity index (χ1n) is 6.99. The summed E-state index contributed by atoms with van der Waals surface area (Å²) in [7, 11) is 1.32. The van der Waals surface area contributed by atoms with Crippen LogP contribution in [0.1, 0.15) is 15.9 Å². The van der Waals surface area contributed by atoms with E-state index in [0.29, 0.717) is 0 Å². The van der Waals surface area contributed by atoms with Gasteiger partial charge in [0.15, 0.2) is 0 Å². The molecule has 2 rings (SSSR count). The van der Waals surface area contributed by atoms with Crippen LogP contribution in [-0.2, 0) is 15.7 Å². The normalized spacial score (nSPS) is 11.0. The molecule has 8 heteroatoms. The van der Waals surface area contributed by atoms with Crippen LogP contribution < -0.4 is 9.47 Å². The van der Waals surface area contributed by atoms with Crippen LogP contribution in [0.2, 0.25) is 0 Å². The van der Waals surface area contributed by atoms with Gasteiger partial charge in [0.1, 0.15) is 18.1 Å². The van der Waals surface area contributed by atoms with E-state index in [4.69, 9.17) is 9.47 Å². The number of ether oxygens (including phenoxy) is 3. The fraction of sp³-hybridized carbons (Fsp3) is 0.176. The van der Waals surface area contributed by atoms with Crippen LogP contribution in [0.3, 0.4) is 0 Å². The zero-order chi connectivity index (χ0) is 18.4. The van der Waals surface area contributed by atoms with Gasteiger partial charge in [0.2, 0.25) is 0 Å². The highest BCUT2D eigenvalue weighted by Crippen LogP contribution is 2.32. The number of hydrogen-bond donors (Lipinski definition) is 0. The second kappa shape index (κ2) is 7.80. The van der Waals surface area contributed by atoms with E-state index in [1.165, 1.54) is 43.5 Å². The minimum absolute atomic E-state index is 0.0651. The van der Waals surface area contributed by atoms with Gasteiger partial charge in [0, 0.05) is 13.2 Å². The van der Waals surface area contributed by atoms with Crippen molar-refractivity contribution in [3.63, 3.8) is 0 Å². The Kier molecular flexibility index (Phi) is 5.76. The monoisotopic (exact) mass is 354 g/mol. The maximum Gasteiger partial charge on any atom is 0.417 e. The van der Waals surface area contributed by atoms with Crippen LogP contribution in [0.25, 0.3) is 0 Å².